The van der Waals surface area contributed by atoms with Crippen LogP contribution in [0.25, 0.3) is 0 Å². The van der Waals surface area contributed by atoms with Crippen molar-refractivity contribution >= 4 is 21.9 Å². The van der Waals surface area contributed by atoms with Gasteiger partial charge in [0.25, 0.3) is 5.56 Å². The maximum atomic E-state index is 11.9. The maximum Gasteiger partial charge on any atom is 0.250 e. The number of guanidine groups is 1. The van der Waals surface area contributed by atoms with Gasteiger partial charge in [-0.1, -0.05) is 40.2 Å². The Morgan fingerprint density at radius 3 is 2.61 bits per heavy atom. The van der Waals surface area contributed by atoms with Gasteiger partial charge in [-0.2, -0.15) is 0 Å². The standard InChI is InChI=1S/C22H29BrN4O/c1-17-8-7-11-20(28)27(17)15-6-5-14-25-21(24-2)26-16-22(12-13-22)18-9-3-4-10-19(18)23/h3-4,7-11H,5-6,12-16H2,1-2H3,(H2,24,25,26). The maximum absolute atomic E-state index is 11.9. The predicted octanol–water partition coefficient (Wildman–Crippen LogP) is 3.60. The fraction of sp³-hybridized carbons (Fsp3) is 0.455. The zero-order chi connectivity index (χ0) is 20.0. The molecule has 0 radical (unpaired) electrons. The second-order valence-corrected chi connectivity index (χ2v) is 8.33. The van der Waals surface area contributed by atoms with Gasteiger partial charge in [-0.25, -0.2) is 0 Å². The summed E-state index contributed by atoms with van der Waals surface area (Å²) in [6.07, 6.45) is 4.34. The van der Waals surface area contributed by atoms with Crippen LogP contribution in [0.2, 0.25) is 0 Å². The van der Waals surface area contributed by atoms with Crippen LogP contribution in [0.4, 0.5) is 0 Å². The lowest BCUT2D eigenvalue weighted by molar-refractivity contribution is 0.572. The molecule has 150 valence electrons. The molecule has 0 aliphatic heterocycles. The average Bonchev–Trinajstić information content (AvgIpc) is 3.47. The summed E-state index contributed by atoms with van der Waals surface area (Å²) in [6.45, 7) is 4.45. The number of halogens is 1. The SMILES string of the molecule is CN=C(NCCCCn1c(C)cccc1=O)NCC1(c2ccccc2Br)CC1. The minimum atomic E-state index is 0.0761. The van der Waals surface area contributed by atoms with Gasteiger partial charge in [0, 0.05) is 48.3 Å². The fourth-order valence-electron chi connectivity index (χ4n) is 3.57. The van der Waals surface area contributed by atoms with E-state index >= 15 is 0 Å². The van der Waals surface area contributed by atoms with Gasteiger partial charge in [-0.3, -0.25) is 9.79 Å². The third-order valence-corrected chi connectivity index (χ3v) is 6.18. The average molecular weight is 445 g/mol. The van der Waals surface area contributed by atoms with Crippen LogP contribution in [0.1, 0.15) is 36.9 Å². The first kappa shape index (κ1) is 20.6. The number of nitrogens with zero attached hydrogens (tertiary/aromatic N) is 2. The van der Waals surface area contributed by atoms with Gasteiger partial charge in [-0.05, 0) is 50.3 Å². The summed E-state index contributed by atoms with van der Waals surface area (Å²) >= 11 is 3.69. The molecular weight excluding hydrogens is 416 g/mol. The normalized spacial score (nSPS) is 15.3. The van der Waals surface area contributed by atoms with E-state index < -0.39 is 0 Å². The van der Waals surface area contributed by atoms with E-state index in [2.05, 4.69) is 55.8 Å². The number of hydrogen-bond donors (Lipinski definition) is 2. The molecule has 1 aromatic heterocycles. The van der Waals surface area contributed by atoms with Gasteiger partial charge in [0.2, 0.25) is 0 Å². The Labute approximate surface area is 175 Å². The van der Waals surface area contributed by atoms with Crippen LogP contribution in [-0.2, 0) is 12.0 Å². The second-order valence-electron chi connectivity index (χ2n) is 7.48. The van der Waals surface area contributed by atoms with Crippen LogP contribution < -0.4 is 16.2 Å². The molecule has 1 aliphatic rings. The summed E-state index contributed by atoms with van der Waals surface area (Å²) in [4.78, 5) is 16.2. The molecule has 6 heteroatoms. The van der Waals surface area contributed by atoms with Crippen LogP contribution in [0, 0.1) is 6.92 Å². The van der Waals surface area contributed by atoms with Crippen molar-refractivity contribution in [2.45, 2.75) is 44.6 Å². The molecule has 0 saturated heterocycles. The molecule has 28 heavy (non-hydrogen) atoms. The Balaban J connectivity index is 1.42. The molecule has 1 aromatic carbocycles. The van der Waals surface area contributed by atoms with Crippen molar-refractivity contribution in [2.24, 2.45) is 4.99 Å². The molecule has 1 heterocycles. The lowest BCUT2D eigenvalue weighted by Gasteiger charge is -2.20. The highest BCUT2D eigenvalue weighted by Gasteiger charge is 2.45. The molecule has 0 unspecified atom stereocenters. The third kappa shape index (κ3) is 5.04. The van der Waals surface area contributed by atoms with Gasteiger partial charge in [0.1, 0.15) is 0 Å². The van der Waals surface area contributed by atoms with E-state index in [0.717, 1.165) is 44.1 Å². The first-order valence-corrected chi connectivity index (χ1v) is 10.7. The van der Waals surface area contributed by atoms with Crippen LogP contribution in [0.5, 0.6) is 0 Å². The van der Waals surface area contributed by atoms with Gasteiger partial charge in [0.05, 0.1) is 0 Å². The highest BCUT2D eigenvalue weighted by Crippen LogP contribution is 2.49. The van der Waals surface area contributed by atoms with Gasteiger partial charge >= 0.3 is 0 Å². The Hall–Kier alpha value is -2.08. The Morgan fingerprint density at radius 2 is 1.93 bits per heavy atom. The van der Waals surface area contributed by atoms with E-state index in [1.807, 2.05) is 23.6 Å². The summed E-state index contributed by atoms with van der Waals surface area (Å²) in [7, 11) is 1.81. The molecule has 0 amide bonds. The topological polar surface area (TPSA) is 58.4 Å². The van der Waals surface area contributed by atoms with E-state index in [-0.39, 0.29) is 11.0 Å². The fourth-order valence-corrected chi connectivity index (χ4v) is 4.27. The van der Waals surface area contributed by atoms with E-state index in [1.165, 1.54) is 22.9 Å². The highest BCUT2D eigenvalue weighted by atomic mass is 79.9. The quantitative estimate of drug-likeness (QED) is 0.371. The second kappa shape index (κ2) is 9.41. The molecule has 3 rings (SSSR count). The minimum absolute atomic E-state index is 0.0761. The number of nitrogens with one attached hydrogen (secondary N) is 2. The molecule has 1 saturated carbocycles. The molecule has 2 N–H and O–H groups in total. The summed E-state index contributed by atoms with van der Waals surface area (Å²) in [5.74, 6) is 0.839. The van der Waals surface area contributed by atoms with Gasteiger partial charge < -0.3 is 15.2 Å². The first-order chi connectivity index (χ1) is 13.6. The van der Waals surface area contributed by atoms with Crippen LogP contribution in [-0.4, -0.2) is 30.7 Å². The number of aromatic nitrogens is 1. The lowest BCUT2D eigenvalue weighted by Crippen LogP contribution is -2.41. The molecule has 5 nitrogen and oxygen atoms in total. The number of pyridine rings is 1. The smallest absolute Gasteiger partial charge is 0.250 e. The van der Waals surface area contributed by atoms with Crippen LogP contribution >= 0.6 is 15.9 Å². The molecule has 0 atom stereocenters. The Bertz CT molecular complexity index is 886. The zero-order valence-electron chi connectivity index (χ0n) is 16.7. The van der Waals surface area contributed by atoms with Gasteiger partial charge in [0.15, 0.2) is 5.96 Å². The van der Waals surface area contributed by atoms with E-state index in [9.17, 15) is 4.79 Å². The number of aryl methyl sites for hydroxylation is 1. The minimum Gasteiger partial charge on any atom is -0.356 e. The van der Waals surface area contributed by atoms with Crippen molar-refractivity contribution in [3.05, 3.63) is 68.5 Å². The van der Waals surface area contributed by atoms with Crippen molar-refractivity contribution in [3.8, 4) is 0 Å². The van der Waals surface area contributed by atoms with E-state index in [0.29, 0.717) is 0 Å². The molecule has 2 aromatic rings. The largest absolute Gasteiger partial charge is 0.356 e. The van der Waals surface area contributed by atoms with Crippen LogP contribution in [0.15, 0.2) is 56.7 Å². The van der Waals surface area contributed by atoms with Gasteiger partial charge in [-0.15, -0.1) is 0 Å². The van der Waals surface area contributed by atoms with Crippen LogP contribution in [0.3, 0.4) is 0 Å². The third-order valence-electron chi connectivity index (χ3n) is 5.49. The number of aliphatic imine (C=N–C) groups is 1. The Kier molecular flexibility index (Phi) is 6.94. The lowest BCUT2D eigenvalue weighted by atomic mass is 9.96. The van der Waals surface area contributed by atoms with Crippen molar-refractivity contribution in [3.63, 3.8) is 0 Å². The molecule has 1 fully saturated rings. The molecule has 0 bridgehead atoms. The Morgan fingerprint density at radius 1 is 1.14 bits per heavy atom. The number of benzene rings is 1. The summed E-state index contributed by atoms with van der Waals surface area (Å²) < 4.78 is 3.02. The van der Waals surface area contributed by atoms with Crippen molar-refractivity contribution in [2.75, 3.05) is 20.1 Å². The predicted molar refractivity (Wildman–Crippen MR) is 119 cm³/mol. The van der Waals surface area contributed by atoms with Crippen molar-refractivity contribution in [1.29, 1.82) is 0 Å². The monoisotopic (exact) mass is 444 g/mol. The summed E-state index contributed by atoms with van der Waals surface area (Å²) in [5, 5.41) is 6.88. The number of hydrogen-bond acceptors (Lipinski definition) is 2. The number of rotatable bonds is 8. The van der Waals surface area contributed by atoms with Crippen molar-refractivity contribution in [1.82, 2.24) is 15.2 Å². The highest BCUT2D eigenvalue weighted by molar-refractivity contribution is 9.10. The molecule has 0 spiro atoms. The summed E-state index contributed by atoms with van der Waals surface area (Å²) in [6, 6.07) is 13.9. The van der Waals surface area contributed by atoms with E-state index in [1.54, 1.807) is 13.1 Å². The molecular formula is C22H29BrN4O. The van der Waals surface area contributed by atoms with Crippen molar-refractivity contribution < 1.29 is 0 Å². The summed E-state index contributed by atoms with van der Waals surface area (Å²) in [5.41, 5.74) is 2.68. The first-order valence-electron chi connectivity index (χ1n) is 9.92. The zero-order valence-corrected chi connectivity index (χ0v) is 18.3. The number of unbranched alkanes of at least 4 members (excludes halogenated alkanes) is 1. The van der Waals surface area contributed by atoms with E-state index in [4.69, 9.17) is 0 Å². The molecule has 1 aliphatic carbocycles.